The van der Waals surface area contributed by atoms with Crippen LogP contribution in [0.2, 0.25) is 0 Å². The molecule has 0 aromatic carbocycles. The van der Waals surface area contributed by atoms with E-state index in [9.17, 15) is 0 Å². The van der Waals surface area contributed by atoms with Crippen LogP contribution in [-0.2, 0) is 0 Å². The van der Waals surface area contributed by atoms with Gasteiger partial charge in [0.25, 0.3) is 0 Å². The summed E-state index contributed by atoms with van der Waals surface area (Å²) in [6.45, 7) is 4.61. The molecular weight excluding hydrogens is 154 g/mol. The van der Waals surface area contributed by atoms with Crippen LogP contribution in [0.25, 0.3) is 0 Å². The van der Waals surface area contributed by atoms with E-state index < -0.39 is 0 Å². The Morgan fingerprint density at radius 2 is 2.55 bits per heavy atom. The molecular formula is C9H17NS. The topological polar surface area (TPSA) is 12.0 Å². The normalized spacial score (nSPS) is 41.7. The van der Waals surface area contributed by atoms with Gasteiger partial charge in [-0.05, 0) is 48.8 Å². The lowest BCUT2D eigenvalue weighted by atomic mass is 10.0. The molecule has 2 aliphatic rings. The molecule has 2 unspecified atom stereocenters. The van der Waals surface area contributed by atoms with Gasteiger partial charge in [0.2, 0.25) is 0 Å². The minimum absolute atomic E-state index is 0.812. The SMILES string of the molecule is CCNCC1CC12CCSC2. The maximum Gasteiger partial charge on any atom is -0.000726 e. The average molecular weight is 171 g/mol. The molecule has 0 bridgehead atoms. The summed E-state index contributed by atoms with van der Waals surface area (Å²) in [5, 5.41) is 3.45. The maximum atomic E-state index is 3.45. The lowest BCUT2D eigenvalue weighted by Gasteiger charge is -2.06. The summed E-state index contributed by atoms with van der Waals surface area (Å²) >= 11 is 2.15. The average Bonchev–Trinajstić information content (AvgIpc) is 2.41. The Labute approximate surface area is 73.3 Å². The van der Waals surface area contributed by atoms with Crippen LogP contribution in [-0.4, -0.2) is 24.6 Å². The van der Waals surface area contributed by atoms with Gasteiger partial charge in [-0.15, -0.1) is 0 Å². The molecule has 1 saturated heterocycles. The van der Waals surface area contributed by atoms with E-state index in [4.69, 9.17) is 0 Å². The smallest absolute Gasteiger partial charge is 0.000726 e. The second-order valence-corrected chi connectivity index (χ2v) is 4.98. The molecule has 1 aliphatic carbocycles. The van der Waals surface area contributed by atoms with Gasteiger partial charge in [-0.3, -0.25) is 0 Å². The lowest BCUT2D eigenvalue weighted by Crippen LogP contribution is -2.19. The summed E-state index contributed by atoms with van der Waals surface area (Å²) in [6.07, 6.45) is 3.00. The lowest BCUT2D eigenvalue weighted by molar-refractivity contribution is 0.494. The molecule has 1 heterocycles. The summed E-state index contributed by atoms with van der Waals surface area (Å²) in [5.74, 6) is 3.89. The standard InChI is InChI=1S/C9H17NS/c1-2-10-6-8-5-9(8)3-4-11-7-9/h8,10H,2-7H2,1H3. The van der Waals surface area contributed by atoms with Gasteiger partial charge in [0.1, 0.15) is 0 Å². The number of nitrogens with one attached hydrogen (secondary N) is 1. The maximum absolute atomic E-state index is 3.45. The van der Waals surface area contributed by atoms with Crippen LogP contribution in [0.5, 0.6) is 0 Å². The predicted molar refractivity (Wildman–Crippen MR) is 51.0 cm³/mol. The van der Waals surface area contributed by atoms with Crippen molar-refractivity contribution in [3.63, 3.8) is 0 Å². The number of thioether (sulfide) groups is 1. The van der Waals surface area contributed by atoms with Gasteiger partial charge in [0, 0.05) is 0 Å². The van der Waals surface area contributed by atoms with Gasteiger partial charge in [-0.1, -0.05) is 6.92 Å². The van der Waals surface area contributed by atoms with Gasteiger partial charge in [0.15, 0.2) is 0 Å². The minimum atomic E-state index is 0.812. The van der Waals surface area contributed by atoms with Crippen LogP contribution in [0.4, 0.5) is 0 Å². The van der Waals surface area contributed by atoms with E-state index in [1.165, 1.54) is 30.9 Å². The van der Waals surface area contributed by atoms with Crippen LogP contribution in [0.1, 0.15) is 19.8 Å². The molecule has 2 atom stereocenters. The van der Waals surface area contributed by atoms with Gasteiger partial charge in [0.05, 0.1) is 0 Å². The van der Waals surface area contributed by atoms with Crippen LogP contribution >= 0.6 is 11.8 Å². The van der Waals surface area contributed by atoms with Crippen LogP contribution in [0.3, 0.4) is 0 Å². The van der Waals surface area contributed by atoms with Crippen LogP contribution in [0.15, 0.2) is 0 Å². The zero-order valence-corrected chi connectivity index (χ0v) is 8.04. The van der Waals surface area contributed by atoms with Gasteiger partial charge in [-0.25, -0.2) is 0 Å². The van der Waals surface area contributed by atoms with E-state index >= 15 is 0 Å². The molecule has 1 N–H and O–H groups in total. The number of hydrogen-bond acceptors (Lipinski definition) is 2. The molecule has 11 heavy (non-hydrogen) atoms. The third-order valence-corrected chi connectivity index (χ3v) is 4.41. The Hall–Kier alpha value is 0.310. The molecule has 64 valence electrons. The third-order valence-electron chi connectivity index (χ3n) is 3.13. The van der Waals surface area contributed by atoms with E-state index in [1.807, 2.05) is 0 Å². The summed E-state index contributed by atoms with van der Waals surface area (Å²) < 4.78 is 0. The first kappa shape index (κ1) is 7.93. The molecule has 0 aromatic rings. The molecule has 1 aliphatic heterocycles. The molecule has 1 spiro atoms. The predicted octanol–water partition coefficient (Wildman–Crippen LogP) is 1.74. The summed E-state index contributed by atoms with van der Waals surface area (Å²) in [5.41, 5.74) is 0.812. The van der Waals surface area contributed by atoms with Crippen molar-refractivity contribution in [1.82, 2.24) is 5.32 Å². The van der Waals surface area contributed by atoms with Crippen molar-refractivity contribution < 1.29 is 0 Å². The molecule has 2 heteroatoms. The van der Waals surface area contributed by atoms with Gasteiger partial charge >= 0.3 is 0 Å². The first-order valence-electron chi connectivity index (χ1n) is 4.66. The van der Waals surface area contributed by atoms with Gasteiger partial charge < -0.3 is 5.32 Å². The monoisotopic (exact) mass is 171 g/mol. The zero-order valence-electron chi connectivity index (χ0n) is 7.23. The molecule has 0 radical (unpaired) electrons. The van der Waals surface area contributed by atoms with Crippen molar-refractivity contribution in [1.29, 1.82) is 0 Å². The molecule has 2 rings (SSSR count). The molecule has 0 amide bonds. The van der Waals surface area contributed by atoms with Crippen molar-refractivity contribution >= 4 is 11.8 Å². The highest BCUT2D eigenvalue weighted by atomic mass is 32.2. The summed E-state index contributed by atoms with van der Waals surface area (Å²) in [6, 6.07) is 0. The van der Waals surface area contributed by atoms with Crippen molar-refractivity contribution in [3.05, 3.63) is 0 Å². The second kappa shape index (κ2) is 2.98. The highest BCUT2D eigenvalue weighted by molar-refractivity contribution is 7.99. The quantitative estimate of drug-likeness (QED) is 0.694. The van der Waals surface area contributed by atoms with Crippen LogP contribution < -0.4 is 5.32 Å². The molecule has 0 aromatic heterocycles. The van der Waals surface area contributed by atoms with E-state index in [2.05, 4.69) is 24.0 Å². The van der Waals surface area contributed by atoms with Crippen molar-refractivity contribution in [2.75, 3.05) is 24.6 Å². The largest absolute Gasteiger partial charge is 0.317 e. The van der Waals surface area contributed by atoms with Crippen molar-refractivity contribution in [3.8, 4) is 0 Å². The van der Waals surface area contributed by atoms with Crippen molar-refractivity contribution in [2.45, 2.75) is 19.8 Å². The van der Waals surface area contributed by atoms with E-state index in [1.54, 1.807) is 0 Å². The fraction of sp³-hybridized carbons (Fsp3) is 1.00. The highest BCUT2D eigenvalue weighted by Gasteiger charge is 2.54. The summed E-state index contributed by atoms with van der Waals surface area (Å²) in [7, 11) is 0. The highest BCUT2D eigenvalue weighted by Crippen LogP contribution is 2.60. The Kier molecular flexibility index (Phi) is 2.15. The Balaban J connectivity index is 1.75. The van der Waals surface area contributed by atoms with E-state index in [0.717, 1.165) is 17.9 Å². The minimum Gasteiger partial charge on any atom is -0.317 e. The van der Waals surface area contributed by atoms with Gasteiger partial charge in [-0.2, -0.15) is 11.8 Å². The Morgan fingerprint density at radius 3 is 3.18 bits per heavy atom. The van der Waals surface area contributed by atoms with Crippen molar-refractivity contribution in [2.24, 2.45) is 11.3 Å². The zero-order chi connectivity index (χ0) is 7.73. The first-order chi connectivity index (χ1) is 5.37. The van der Waals surface area contributed by atoms with E-state index in [0.29, 0.717) is 0 Å². The molecule has 1 nitrogen and oxygen atoms in total. The number of rotatable bonds is 3. The fourth-order valence-electron chi connectivity index (χ4n) is 2.15. The number of hydrogen-bond donors (Lipinski definition) is 1. The Morgan fingerprint density at radius 1 is 1.64 bits per heavy atom. The summed E-state index contributed by atoms with van der Waals surface area (Å²) in [4.78, 5) is 0. The second-order valence-electron chi connectivity index (χ2n) is 3.87. The first-order valence-corrected chi connectivity index (χ1v) is 5.81. The Bertz CT molecular complexity index is 140. The molecule has 2 fully saturated rings. The van der Waals surface area contributed by atoms with E-state index in [-0.39, 0.29) is 0 Å². The fourth-order valence-corrected chi connectivity index (χ4v) is 3.74. The molecule has 1 saturated carbocycles. The van der Waals surface area contributed by atoms with Crippen LogP contribution in [0, 0.1) is 11.3 Å². The third kappa shape index (κ3) is 1.43.